The number of para-hydroxylation sites is 1. The van der Waals surface area contributed by atoms with Gasteiger partial charge in [-0.1, -0.05) is 18.2 Å². The summed E-state index contributed by atoms with van der Waals surface area (Å²) in [6, 6.07) is 14.5. The van der Waals surface area contributed by atoms with Crippen LogP contribution in [0.1, 0.15) is 48.8 Å². The molecule has 3 aromatic rings. The molecule has 4 amide bonds. The first-order valence-electron chi connectivity index (χ1n) is 14.1. The molecular weight excluding hydrogens is 595 g/mol. The average molecular weight is 630 g/mol. The number of amides is 4. The molecule has 3 N–H and O–H groups in total. The van der Waals surface area contributed by atoms with E-state index in [2.05, 4.69) is 20.5 Å². The third kappa shape index (κ3) is 8.83. The number of alkyl halides is 3. The summed E-state index contributed by atoms with van der Waals surface area (Å²) in [5.41, 5.74) is 3.83. The maximum Gasteiger partial charge on any atom is 0.493 e. The highest BCUT2D eigenvalue weighted by Crippen LogP contribution is 2.23. The topological polar surface area (TPSA) is 139 Å². The number of piperidine rings is 1. The van der Waals surface area contributed by atoms with E-state index in [1.54, 1.807) is 32.9 Å². The summed E-state index contributed by atoms with van der Waals surface area (Å²) in [7, 11) is 0. The largest absolute Gasteiger partial charge is 0.493 e. The van der Waals surface area contributed by atoms with E-state index in [1.807, 2.05) is 37.3 Å². The minimum absolute atomic E-state index is 0.0200. The SMILES string of the molecule is Cc1cc(COc2ccc(C(=O)N[C@@H]3CN(C(=O)NC(C)(C)C)CC[C@@H]3C(=O)NOC(=O)C(F)(F)F)cc2)c2ccccc2n1. The van der Waals surface area contributed by atoms with Gasteiger partial charge in [-0.15, -0.1) is 0 Å². The molecule has 4 rings (SSSR count). The van der Waals surface area contributed by atoms with Gasteiger partial charge < -0.3 is 25.1 Å². The lowest BCUT2D eigenvalue weighted by molar-refractivity contribution is -0.208. The molecule has 240 valence electrons. The van der Waals surface area contributed by atoms with Crippen LogP contribution in [-0.2, 0) is 21.0 Å². The van der Waals surface area contributed by atoms with Crippen LogP contribution in [0.25, 0.3) is 10.9 Å². The van der Waals surface area contributed by atoms with Crippen molar-refractivity contribution in [3.63, 3.8) is 0 Å². The van der Waals surface area contributed by atoms with Gasteiger partial charge in [-0.3, -0.25) is 14.6 Å². The first kappa shape index (κ1) is 33.0. The predicted molar refractivity (Wildman–Crippen MR) is 157 cm³/mol. The normalized spacial score (nSPS) is 16.9. The number of rotatable bonds is 6. The van der Waals surface area contributed by atoms with E-state index >= 15 is 0 Å². The fourth-order valence-corrected chi connectivity index (χ4v) is 4.86. The van der Waals surface area contributed by atoms with Gasteiger partial charge in [-0.2, -0.15) is 18.7 Å². The third-order valence-electron chi connectivity index (χ3n) is 6.95. The van der Waals surface area contributed by atoms with Crippen LogP contribution in [0.3, 0.4) is 0 Å². The van der Waals surface area contributed by atoms with E-state index in [9.17, 15) is 32.3 Å². The highest BCUT2D eigenvalue weighted by atomic mass is 19.4. The predicted octanol–water partition coefficient (Wildman–Crippen LogP) is 4.19. The van der Waals surface area contributed by atoms with E-state index < -0.39 is 47.5 Å². The highest BCUT2D eigenvalue weighted by molar-refractivity contribution is 5.95. The number of likely N-dealkylation sites (tertiary alicyclic amines) is 1. The van der Waals surface area contributed by atoms with E-state index in [0.29, 0.717) is 5.75 Å². The monoisotopic (exact) mass is 629 g/mol. The molecule has 0 saturated carbocycles. The molecular formula is C31H34F3N5O6. The number of carbonyl (C=O) groups is 4. The maximum atomic E-state index is 13.2. The lowest BCUT2D eigenvalue weighted by Crippen LogP contribution is -2.60. The van der Waals surface area contributed by atoms with Gasteiger partial charge in [0.05, 0.1) is 17.5 Å². The minimum Gasteiger partial charge on any atom is -0.489 e. The number of urea groups is 1. The fraction of sp³-hybridized carbons (Fsp3) is 0.387. The van der Waals surface area contributed by atoms with Crippen molar-refractivity contribution in [2.24, 2.45) is 5.92 Å². The molecule has 0 unspecified atom stereocenters. The molecule has 0 bridgehead atoms. The van der Waals surface area contributed by atoms with Gasteiger partial charge in [0.1, 0.15) is 12.4 Å². The number of pyridine rings is 1. The summed E-state index contributed by atoms with van der Waals surface area (Å²) in [5, 5.41) is 6.47. The van der Waals surface area contributed by atoms with Crippen molar-refractivity contribution in [1.82, 2.24) is 26.0 Å². The first-order chi connectivity index (χ1) is 21.1. The number of ether oxygens (including phenoxy) is 1. The fourth-order valence-electron chi connectivity index (χ4n) is 4.86. The number of halogens is 3. The molecule has 11 nitrogen and oxygen atoms in total. The highest BCUT2D eigenvalue weighted by Gasteiger charge is 2.43. The minimum atomic E-state index is -5.31. The zero-order valence-electron chi connectivity index (χ0n) is 25.2. The van der Waals surface area contributed by atoms with Crippen LogP contribution in [0.2, 0.25) is 0 Å². The number of benzene rings is 2. The van der Waals surface area contributed by atoms with Crippen LogP contribution >= 0.6 is 0 Å². The second-order valence-electron chi connectivity index (χ2n) is 11.7. The zero-order valence-corrected chi connectivity index (χ0v) is 25.2. The zero-order chi connectivity index (χ0) is 32.9. The quantitative estimate of drug-likeness (QED) is 0.348. The Balaban J connectivity index is 1.44. The Morgan fingerprint density at radius 1 is 1.02 bits per heavy atom. The second kappa shape index (κ2) is 13.4. The van der Waals surface area contributed by atoms with E-state index in [0.717, 1.165) is 22.2 Å². The van der Waals surface area contributed by atoms with Crippen LogP contribution in [-0.4, -0.2) is 64.5 Å². The van der Waals surface area contributed by atoms with E-state index in [1.165, 1.54) is 22.5 Å². The van der Waals surface area contributed by atoms with Crippen LogP contribution in [0.5, 0.6) is 5.75 Å². The van der Waals surface area contributed by atoms with Crippen LogP contribution < -0.4 is 20.9 Å². The van der Waals surface area contributed by atoms with E-state index in [4.69, 9.17) is 4.74 Å². The van der Waals surface area contributed by atoms with Crippen molar-refractivity contribution in [3.05, 3.63) is 71.4 Å². The van der Waals surface area contributed by atoms with E-state index in [-0.39, 0.29) is 31.7 Å². The smallest absolute Gasteiger partial charge is 0.489 e. The van der Waals surface area contributed by atoms with Crippen LogP contribution in [0, 0.1) is 12.8 Å². The van der Waals surface area contributed by atoms with Crippen molar-refractivity contribution >= 4 is 34.7 Å². The number of hydrogen-bond donors (Lipinski definition) is 3. The third-order valence-corrected chi connectivity index (χ3v) is 6.95. The standard InChI is InChI=1S/C31H34F3N5O6/c1-18-15-20(22-7-5-6-8-24(22)35-18)17-44-21-11-9-19(10-12-21)26(40)36-25-16-39(29(43)37-30(2,3)4)14-13-23(25)27(41)38-45-28(42)31(32,33)34/h5-12,15,23,25H,13-14,16-17H2,1-4H3,(H,36,40)(H,37,43)(H,38,41)/t23-,25+/m0/s1. The van der Waals surface area contributed by atoms with Gasteiger partial charge in [0.2, 0.25) is 0 Å². The van der Waals surface area contributed by atoms with Crippen LogP contribution in [0.15, 0.2) is 54.6 Å². The van der Waals surface area contributed by atoms with Gasteiger partial charge in [0.25, 0.3) is 11.8 Å². The van der Waals surface area contributed by atoms with Crippen molar-refractivity contribution in [2.75, 3.05) is 13.1 Å². The summed E-state index contributed by atoms with van der Waals surface area (Å²) in [6.07, 6.45) is -5.33. The Bertz CT molecular complexity index is 1570. The Morgan fingerprint density at radius 3 is 2.38 bits per heavy atom. The molecule has 1 aliphatic heterocycles. The van der Waals surface area contributed by atoms with Crippen molar-refractivity contribution in [3.8, 4) is 5.75 Å². The molecule has 2 atom stereocenters. The lowest BCUT2D eigenvalue weighted by atomic mass is 9.90. The molecule has 1 aromatic heterocycles. The number of hydroxylamine groups is 1. The summed E-state index contributed by atoms with van der Waals surface area (Å²) in [4.78, 5) is 59.7. The number of nitrogens with one attached hydrogen (secondary N) is 3. The molecule has 1 saturated heterocycles. The second-order valence-corrected chi connectivity index (χ2v) is 11.7. The van der Waals surface area contributed by atoms with Crippen molar-refractivity contribution in [1.29, 1.82) is 0 Å². The lowest BCUT2D eigenvalue weighted by Gasteiger charge is -2.39. The number of hydrogen-bond acceptors (Lipinski definition) is 7. The first-order valence-corrected chi connectivity index (χ1v) is 14.1. The summed E-state index contributed by atoms with van der Waals surface area (Å²) >= 11 is 0. The summed E-state index contributed by atoms with van der Waals surface area (Å²) in [6.45, 7) is 7.46. The van der Waals surface area contributed by atoms with Crippen molar-refractivity contribution < 1.29 is 41.9 Å². The molecule has 0 spiro atoms. The Kier molecular flexibility index (Phi) is 9.84. The molecule has 2 heterocycles. The van der Waals surface area contributed by atoms with Gasteiger partial charge >= 0.3 is 18.2 Å². The molecule has 45 heavy (non-hydrogen) atoms. The van der Waals surface area contributed by atoms with Crippen molar-refractivity contribution in [2.45, 2.75) is 58.5 Å². The Morgan fingerprint density at radius 2 is 1.71 bits per heavy atom. The molecule has 0 radical (unpaired) electrons. The number of nitrogens with zero attached hydrogens (tertiary/aromatic N) is 2. The molecule has 0 aliphatic carbocycles. The maximum absolute atomic E-state index is 13.2. The van der Waals surface area contributed by atoms with Gasteiger partial charge in [0, 0.05) is 40.8 Å². The number of aromatic nitrogens is 1. The summed E-state index contributed by atoms with van der Waals surface area (Å²) in [5.74, 6) is -4.83. The Labute approximate surface area is 257 Å². The van der Waals surface area contributed by atoms with Gasteiger partial charge in [-0.05, 0) is 70.5 Å². The molecule has 14 heteroatoms. The Hall–Kier alpha value is -4.88. The summed E-state index contributed by atoms with van der Waals surface area (Å²) < 4.78 is 43.6. The van der Waals surface area contributed by atoms with Gasteiger partial charge in [-0.25, -0.2) is 9.59 Å². The molecule has 2 aromatic carbocycles. The number of aryl methyl sites for hydroxylation is 1. The van der Waals surface area contributed by atoms with Gasteiger partial charge in [0.15, 0.2) is 0 Å². The molecule has 1 fully saturated rings. The number of fused-ring (bicyclic) bond motifs is 1. The number of carbonyl (C=O) groups excluding carboxylic acids is 4. The van der Waals surface area contributed by atoms with Crippen LogP contribution in [0.4, 0.5) is 18.0 Å². The average Bonchev–Trinajstić information content (AvgIpc) is 2.97. The molecule has 1 aliphatic rings.